The SMILES string of the molecule is CSC1=C(SC)SC(=C2Cc3cc4cc(c3)CC(C#N)(C#N)Cc3cc(cc(c3)CC(=C3SC(SC)=C(SC)S3)C4)C2)S1. The molecule has 0 amide bonds. The van der Waals surface area contributed by atoms with Crippen molar-refractivity contribution in [2.75, 3.05) is 25.0 Å². The number of hydrogen-bond acceptors (Lipinski definition) is 10. The van der Waals surface area contributed by atoms with Crippen molar-refractivity contribution in [2.24, 2.45) is 5.41 Å². The maximum Gasteiger partial charge on any atom is 0.151 e. The van der Waals surface area contributed by atoms with Gasteiger partial charge in [0.05, 0.1) is 37.6 Å². The molecule has 3 aliphatic carbocycles. The lowest BCUT2D eigenvalue weighted by atomic mass is 9.76. The van der Waals surface area contributed by atoms with E-state index in [2.05, 4.69) is 73.6 Å². The van der Waals surface area contributed by atoms with E-state index in [4.69, 9.17) is 0 Å². The molecule has 2 nitrogen and oxygen atoms in total. The maximum absolute atomic E-state index is 10.4. The number of thioether (sulfide) groups is 8. The molecule has 2 aromatic rings. The molecule has 0 saturated heterocycles. The van der Waals surface area contributed by atoms with E-state index in [1.807, 2.05) is 94.1 Å². The smallest absolute Gasteiger partial charge is 0.151 e. The first-order valence-corrected chi connectivity index (χ1v) is 21.9. The number of hydrogen-bond donors (Lipinski definition) is 0. The standard InChI is InChI=1S/C33H30N2S8/c1-36-29-30(37-2)41-27(40-29)25-11-19-5-21-9-23(7-19)15-33(17-34,18-35)16-24-8-20(12-25)6-22(10-24)14-26(13-21)28-42-31(38-3)32(39-4)43-28/h5-10H,11-16H2,1-4H3. The molecule has 10 heteroatoms. The number of rotatable bonds is 4. The summed E-state index contributed by atoms with van der Waals surface area (Å²) < 4.78 is 8.41. The van der Waals surface area contributed by atoms with Gasteiger partial charge in [0.25, 0.3) is 0 Å². The van der Waals surface area contributed by atoms with E-state index in [9.17, 15) is 10.5 Å². The topological polar surface area (TPSA) is 47.6 Å². The average Bonchev–Trinajstić information content (AvgIpc) is 3.63. The first-order chi connectivity index (χ1) is 20.9. The van der Waals surface area contributed by atoms with Crippen LogP contribution in [-0.2, 0) is 38.5 Å². The predicted molar refractivity (Wildman–Crippen MR) is 201 cm³/mol. The maximum atomic E-state index is 10.4. The quantitative estimate of drug-likeness (QED) is 0.306. The fourth-order valence-corrected chi connectivity index (χ4v) is 16.1. The van der Waals surface area contributed by atoms with Gasteiger partial charge in [0.2, 0.25) is 0 Å². The monoisotopic (exact) mass is 710 g/mol. The normalized spacial score (nSPS) is 19.8. The second-order valence-electron chi connectivity index (χ2n) is 10.8. The zero-order valence-electron chi connectivity index (χ0n) is 24.4. The van der Waals surface area contributed by atoms with Gasteiger partial charge in [-0.2, -0.15) is 10.5 Å². The summed E-state index contributed by atoms with van der Waals surface area (Å²) >= 11 is 15.1. The van der Waals surface area contributed by atoms with Gasteiger partial charge in [-0.05, 0) is 95.2 Å². The molecule has 6 bridgehead atoms. The minimum absolute atomic E-state index is 0.439. The predicted octanol–water partition coefficient (Wildman–Crippen LogP) is 10.8. The number of allylic oxidation sites excluding steroid dienone is 2. The lowest BCUT2D eigenvalue weighted by Crippen LogP contribution is -2.24. The van der Waals surface area contributed by atoms with Crippen molar-refractivity contribution in [3.8, 4) is 12.1 Å². The average molecular weight is 711 g/mol. The van der Waals surface area contributed by atoms with Crippen LogP contribution in [0.4, 0.5) is 0 Å². The molecule has 0 saturated carbocycles. The summed E-state index contributed by atoms with van der Waals surface area (Å²) in [6.45, 7) is 0. The number of nitrogens with zero attached hydrogens (tertiary/aromatic N) is 2. The highest BCUT2D eigenvalue weighted by Crippen LogP contribution is 2.59. The Labute approximate surface area is 289 Å². The van der Waals surface area contributed by atoms with Crippen molar-refractivity contribution < 1.29 is 0 Å². The second kappa shape index (κ2) is 13.9. The Hall–Kier alpha value is -0.820. The highest BCUT2D eigenvalue weighted by Gasteiger charge is 2.33. The molecule has 0 spiro atoms. The Balaban J connectivity index is 1.54. The van der Waals surface area contributed by atoms with E-state index in [0.717, 1.165) is 36.8 Å². The van der Waals surface area contributed by atoms with Crippen molar-refractivity contribution in [1.29, 1.82) is 10.5 Å². The zero-order chi connectivity index (χ0) is 30.1. The lowest BCUT2D eigenvalue weighted by molar-refractivity contribution is 0.514. The molecule has 220 valence electrons. The summed E-state index contributed by atoms with van der Waals surface area (Å²) in [5, 5.41) is 20.7. The van der Waals surface area contributed by atoms with Crippen LogP contribution in [0.15, 0.2) is 73.0 Å². The molecule has 2 aromatic carbocycles. The molecule has 0 aromatic heterocycles. The second-order valence-corrected chi connectivity index (χ2v) is 19.7. The summed E-state index contributed by atoms with van der Waals surface area (Å²) in [5.41, 5.74) is 9.16. The minimum Gasteiger partial charge on any atom is -0.197 e. The largest absolute Gasteiger partial charge is 0.197 e. The van der Waals surface area contributed by atoms with Crippen LogP contribution < -0.4 is 0 Å². The van der Waals surface area contributed by atoms with Crippen LogP contribution in [0.1, 0.15) is 33.4 Å². The summed E-state index contributed by atoms with van der Waals surface area (Å²) in [6, 6.07) is 18.8. The van der Waals surface area contributed by atoms with E-state index in [1.165, 1.54) is 58.8 Å². The van der Waals surface area contributed by atoms with Crippen LogP contribution in [-0.4, -0.2) is 25.0 Å². The van der Waals surface area contributed by atoms with E-state index in [1.54, 1.807) is 0 Å². The molecule has 43 heavy (non-hydrogen) atoms. The van der Waals surface area contributed by atoms with Crippen molar-refractivity contribution in [1.82, 2.24) is 0 Å². The molecule has 7 rings (SSSR count). The fourth-order valence-electron chi connectivity index (χ4n) is 5.97. The number of nitriles is 2. The van der Waals surface area contributed by atoms with Gasteiger partial charge in [0.15, 0.2) is 5.41 Å². The van der Waals surface area contributed by atoms with Crippen molar-refractivity contribution in [3.63, 3.8) is 0 Å². The van der Waals surface area contributed by atoms with Gasteiger partial charge in [0, 0.05) is 12.8 Å². The van der Waals surface area contributed by atoms with E-state index in [-0.39, 0.29) is 0 Å². The molecule has 2 aliphatic heterocycles. The van der Waals surface area contributed by atoms with Crippen molar-refractivity contribution >= 4 is 94.1 Å². The Morgan fingerprint density at radius 1 is 0.512 bits per heavy atom. The fraction of sp³-hybridized carbons (Fsp3) is 0.333. The van der Waals surface area contributed by atoms with E-state index < -0.39 is 5.41 Å². The highest BCUT2D eigenvalue weighted by molar-refractivity contribution is 8.41. The van der Waals surface area contributed by atoms with Gasteiger partial charge in [-0.15, -0.1) is 47.0 Å². The van der Waals surface area contributed by atoms with Crippen molar-refractivity contribution in [2.45, 2.75) is 38.5 Å². The molecule has 2 heterocycles. The van der Waals surface area contributed by atoms with Crippen LogP contribution >= 0.6 is 94.1 Å². The number of benzene rings is 2. The molecule has 0 unspecified atom stereocenters. The Kier molecular flexibility index (Phi) is 10.4. The first kappa shape index (κ1) is 32.1. The van der Waals surface area contributed by atoms with Crippen LogP contribution in [0, 0.1) is 28.1 Å². The Morgan fingerprint density at radius 2 is 0.791 bits per heavy atom. The van der Waals surface area contributed by atoms with Gasteiger partial charge < -0.3 is 0 Å². The molecular formula is C33H30N2S8. The first-order valence-electron chi connectivity index (χ1n) is 13.7. The summed E-state index contributed by atoms with van der Waals surface area (Å²) in [7, 11) is 0. The Morgan fingerprint density at radius 3 is 1.05 bits per heavy atom. The van der Waals surface area contributed by atoms with Crippen LogP contribution in [0.3, 0.4) is 0 Å². The van der Waals surface area contributed by atoms with Gasteiger partial charge in [-0.3, -0.25) is 0 Å². The highest BCUT2D eigenvalue weighted by atomic mass is 32.3. The zero-order valence-corrected chi connectivity index (χ0v) is 30.9. The summed E-state index contributed by atoms with van der Waals surface area (Å²) in [5.74, 6) is 0. The third-order valence-electron chi connectivity index (χ3n) is 7.73. The molecule has 0 fully saturated rings. The number of fused-ring (bicyclic) bond motifs is 6. The van der Waals surface area contributed by atoms with Gasteiger partial charge in [0.1, 0.15) is 0 Å². The molecule has 0 atom stereocenters. The van der Waals surface area contributed by atoms with E-state index in [0.29, 0.717) is 12.8 Å². The summed E-state index contributed by atoms with van der Waals surface area (Å²) in [4.78, 5) is 0. The summed E-state index contributed by atoms with van der Waals surface area (Å²) in [6.07, 6.45) is 13.1. The van der Waals surface area contributed by atoms with Gasteiger partial charge in [-0.25, -0.2) is 0 Å². The molecular weight excluding hydrogens is 681 g/mol. The third-order valence-corrected chi connectivity index (χ3v) is 18.5. The van der Waals surface area contributed by atoms with Gasteiger partial charge in [-0.1, -0.05) is 83.4 Å². The molecule has 0 N–H and O–H groups in total. The van der Waals surface area contributed by atoms with Crippen molar-refractivity contribution in [3.05, 3.63) is 106 Å². The molecule has 5 aliphatic rings. The minimum atomic E-state index is -1.09. The van der Waals surface area contributed by atoms with Gasteiger partial charge >= 0.3 is 0 Å². The Bertz CT molecular complexity index is 1490. The third kappa shape index (κ3) is 6.98. The lowest BCUT2D eigenvalue weighted by Gasteiger charge is -2.24. The van der Waals surface area contributed by atoms with Crippen LogP contribution in [0.25, 0.3) is 0 Å². The van der Waals surface area contributed by atoms with E-state index >= 15 is 0 Å². The molecule has 0 radical (unpaired) electrons. The van der Waals surface area contributed by atoms with Crippen LogP contribution in [0.2, 0.25) is 0 Å². The van der Waals surface area contributed by atoms with Crippen LogP contribution in [0.5, 0.6) is 0 Å².